The van der Waals surface area contributed by atoms with E-state index >= 15 is 0 Å². The maximum Gasteiger partial charge on any atom is 0.108 e. The zero-order valence-corrected chi connectivity index (χ0v) is 11.9. The first kappa shape index (κ1) is 13.5. The number of nitrogens with zero attached hydrogens (tertiary/aromatic N) is 1. The van der Waals surface area contributed by atoms with Gasteiger partial charge >= 0.3 is 0 Å². The second-order valence-corrected chi connectivity index (χ2v) is 4.43. The van der Waals surface area contributed by atoms with Gasteiger partial charge < -0.3 is 5.32 Å². The molecule has 0 amide bonds. The summed E-state index contributed by atoms with van der Waals surface area (Å²) in [6.45, 7) is 7.19. The largest absolute Gasteiger partial charge is 0.325 e. The molecule has 1 radical (unpaired) electrons. The van der Waals surface area contributed by atoms with Crippen LogP contribution in [0.4, 0.5) is 0 Å². The minimum absolute atomic E-state index is 0. The minimum atomic E-state index is 0. The van der Waals surface area contributed by atoms with Gasteiger partial charge in [0.25, 0.3) is 0 Å². The number of hydrogen-bond acceptors (Lipinski definition) is 2. The molecule has 0 saturated heterocycles. The molecule has 0 aliphatic carbocycles. The van der Waals surface area contributed by atoms with Crippen LogP contribution in [-0.4, -0.2) is 17.1 Å². The molecular weight excluding hydrogens is 446 g/mol. The Kier molecular flexibility index (Phi) is 4.59. The van der Waals surface area contributed by atoms with Gasteiger partial charge in [-0.1, -0.05) is 11.6 Å². The molecule has 0 atom stereocenters. The van der Waals surface area contributed by atoms with Gasteiger partial charge in [0.1, 0.15) is 5.69 Å². The molecule has 1 heterocycles. The average molecular weight is 463 g/mol. The van der Waals surface area contributed by atoms with Gasteiger partial charge in [-0.05, 0) is 33.4 Å². The van der Waals surface area contributed by atoms with Crippen molar-refractivity contribution in [2.24, 2.45) is 0 Å². The summed E-state index contributed by atoms with van der Waals surface area (Å²) in [4.78, 5) is 4.28. The van der Waals surface area contributed by atoms with Gasteiger partial charge in [-0.25, -0.2) is 0 Å². The first-order chi connectivity index (χ1) is 7.01. The molecule has 3 heteroatoms. The van der Waals surface area contributed by atoms with Crippen LogP contribution in [0.1, 0.15) is 32.2 Å². The molecule has 0 saturated carbocycles. The minimum Gasteiger partial charge on any atom is -0.325 e. The molecule has 0 bridgehead atoms. The number of hydrogen-bond donors (Lipinski definition) is 1. The van der Waals surface area contributed by atoms with Gasteiger partial charge in [0.15, 0.2) is 0 Å². The number of nitrogens with one attached hydrogen (secondary N) is 1. The third-order valence-electron chi connectivity index (χ3n) is 1.86. The first-order valence-corrected chi connectivity index (χ1v) is 5.03. The van der Waals surface area contributed by atoms with Crippen LogP contribution in [0.2, 0.25) is 0 Å². The smallest absolute Gasteiger partial charge is 0.108 e. The molecule has 1 aromatic rings. The topological polar surface area (TPSA) is 24.9 Å². The first-order valence-electron chi connectivity index (χ1n) is 5.03. The van der Waals surface area contributed by atoms with Crippen LogP contribution in [0.15, 0.2) is 18.2 Å². The van der Waals surface area contributed by atoms with Crippen LogP contribution in [0.25, 0.3) is 0 Å². The summed E-state index contributed by atoms with van der Waals surface area (Å²) in [5.74, 6) is 2.52. The third kappa shape index (κ3) is 4.69. The molecule has 16 heavy (non-hydrogen) atoms. The van der Waals surface area contributed by atoms with E-state index in [1.54, 1.807) is 0 Å². The Morgan fingerprint density at radius 2 is 2.12 bits per heavy atom. The van der Waals surface area contributed by atoms with Crippen LogP contribution in [0.3, 0.4) is 0 Å². The van der Waals surface area contributed by atoms with Crippen LogP contribution >= 0.6 is 0 Å². The predicted molar refractivity (Wildman–Crippen MR) is 63.3 cm³/mol. The van der Waals surface area contributed by atoms with Gasteiger partial charge in [0.05, 0.1) is 0 Å². The number of pyridine rings is 1. The standard InChI is InChI=1S/C13H17N2.Lr/c1-5-11-7-6-8-12(15-11)9-10-14-13(2,3)4;/h1,6-9,14H,10H2,2-4H3;/q-1;. The van der Waals surface area contributed by atoms with Crippen LogP contribution in [0.5, 0.6) is 0 Å². The van der Waals surface area contributed by atoms with E-state index in [4.69, 9.17) is 6.42 Å². The molecule has 0 unspecified atom stereocenters. The van der Waals surface area contributed by atoms with Crippen molar-refractivity contribution in [2.45, 2.75) is 26.3 Å². The monoisotopic (exact) mass is 463 g/mol. The Morgan fingerprint density at radius 1 is 1.44 bits per heavy atom. The molecule has 1 rings (SSSR count). The van der Waals surface area contributed by atoms with Crippen molar-refractivity contribution >= 4 is 0 Å². The summed E-state index contributed by atoms with van der Waals surface area (Å²) in [5.41, 5.74) is 1.72. The number of aromatic nitrogens is 1. The molecule has 0 aliphatic heterocycles. The summed E-state index contributed by atoms with van der Waals surface area (Å²) in [6, 6.07) is 5.70. The molecular formula is C13H17LrN2-. The number of terminal acetylenes is 1. The van der Waals surface area contributed by atoms with Crippen molar-refractivity contribution in [1.82, 2.24) is 10.3 Å². The summed E-state index contributed by atoms with van der Waals surface area (Å²) in [5, 5.41) is 3.36. The summed E-state index contributed by atoms with van der Waals surface area (Å²) >= 11 is 0. The van der Waals surface area contributed by atoms with Gasteiger partial charge in [-0.15, -0.1) is 12.5 Å². The third-order valence-corrected chi connectivity index (χ3v) is 1.86. The Morgan fingerprint density at radius 3 is 2.69 bits per heavy atom. The van der Waals surface area contributed by atoms with Crippen molar-refractivity contribution in [2.75, 3.05) is 6.54 Å². The number of rotatable bonds is 3. The van der Waals surface area contributed by atoms with Crippen molar-refractivity contribution in [3.63, 3.8) is 0 Å². The fourth-order valence-electron chi connectivity index (χ4n) is 1.11. The van der Waals surface area contributed by atoms with E-state index in [1.807, 2.05) is 24.6 Å². The second kappa shape index (κ2) is 5.43. The van der Waals surface area contributed by atoms with E-state index in [1.165, 1.54) is 0 Å². The maximum atomic E-state index is 5.27. The molecule has 1 N–H and O–H groups in total. The SMILES string of the molecule is C#Cc1cccc([CH-]CNC(C)(C)C)n1.[Lr]. The quantitative estimate of drug-likeness (QED) is 0.548. The van der Waals surface area contributed by atoms with Crippen molar-refractivity contribution in [1.29, 1.82) is 0 Å². The molecule has 0 spiro atoms. The molecule has 1 aromatic heterocycles. The summed E-state index contributed by atoms with van der Waals surface area (Å²) in [6.07, 6.45) is 7.31. The zero-order valence-electron chi connectivity index (χ0n) is 9.80. The van der Waals surface area contributed by atoms with E-state index in [0.29, 0.717) is 5.69 Å². The Labute approximate surface area is 92.1 Å². The van der Waals surface area contributed by atoms with Crippen LogP contribution < -0.4 is 5.32 Å². The molecule has 2 nitrogen and oxygen atoms in total. The Bertz CT molecular complexity index is 361. The van der Waals surface area contributed by atoms with Gasteiger partial charge in [-0.2, -0.15) is 12.5 Å². The van der Waals surface area contributed by atoms with E-state index in [9.17, 15) is 0 Å². The van der Waals surface area contributed by atoms with Crippen molar-refractivity contribution in [3.05, 3.63) is 36.0 Å². The molecule has 0 aromatic carbocycles. The van der Waals surface area contributed by atoms with Crippen LogP contribution in [0, 0.1) is 18.8 Å². The summed E-state index contributed by atoms with van der Waals surface area (Å²) in [7, 11) is 0. The van der Waals surface area contributed by atoms with E-state index in [0.717, 1.165) is 12.2 Å². The zero-order chi connectivity index (χ0) is 11.3. The Hall–Kier alpha value is -2.46. The molecule has 0 aliphatic rings. The van der Waals surface area contributed by atoms with Crippen molar-refractivity contribution in [3.8, 4) is 12.3 Å². The van der Waals surface area contributed by atoms with Gasteiger partial charge in [-0.3, -0.25) is 4.98 Å². The average Bonchev–Trinajstić information content (AvgIpc) is 2.16. The predicted octanol–water partition coefficient (Wildman–Crippen LogP) is 2.00. The van der Waals surface area contributed by atoms with Gasteiger partial charge in [0.2, 0.25) is 0 Å². The van der Waals surface area contributed by atoms with E-state index in [2.05, 4.69) is 37.0 Å². The normalized spacial score (nSPS) is 10.1. The van der Waals surface area contributed by atoms with Crippen molar-refractivity contribution < 1.29 is 0 Å². The molecule has 95 valence electrons. The van der Waals surface area contributed by atoms with Gasteiger partial charge in [0, 0.05) is 5.54 Å². The van der Waals surface area contributed by atoms with Crippen LogP contribution in [-0.2, 0) is 0 Å². The maximum absolute atomic E-state index is 5.27. The fraction of sp³-hybridized carbons (Fsp3) is 0.385. The van der Waals surface area contributed by atoms with E-state index in [-0.39, 0.29) is 5.54 Å². The Balaban J connectivity index is 0.00000225. The summed E-state index contributed by atoms with van der Waals surface area (Å²) < 4.78 is 0. The molecule has 0 fully saturated rings. The second-order valence-electron chi connectivity index (χ2n) is 4.43. The fourth-order valence-corrected chi connectivity index (χ4v) is 1.11. The van der Waals surface area contributed by atoms with E-state index < -0.39 is 0 Å².